The van der Waals surface area contributed by atoms with Crippen LogP contribution >= 0.6 is 11.6 Å². The molecule has 0 amide bonds. The van der Waals surface area contributed by atoms with E-state index in [1.807, 2.05) is 30.3 Å². The van der Waals surface area contributed by atoms with E-state index in [1.165, 1.54) is 0 Å². The van der Waals surface area contributed by atoms with Gasteiger partial charge in [0.05, 0.1) is 6.20 Å². The Morgan fingerprint density at radius 3 is 2.89 bits per heavy atom. The van der Waals surface area contributed by atoms with Crippen molar-refractivity contribution in [3.05, 3.63) is 53.3 Å². The van der Waals surface area contributed by atoms with Gasteiger partial charge in [-0.1, -0.05) is 18.5 Å². The van der Waals surface area contributed by atoms with Gasteiger partial charge in [0.1, 0.15) is 11.5 Å². The Labute approximate surface area is 118 Å². The van der Waals surface area contributed by atoms with Crippen molar-refractivity contribution in [2.45, 2.75) is 25.8 Å². The molecule has 0 fully saturated rings. The van der Waals surface area contributed by atoms with Crippen LogP contribution in [0.5, 0.6) is 11.5 Å². The van der Waals surface area contributed by atoms with Gasteiger partial charge in [-0.15, -0.1) is 0 Å². The highest BCUT2D eigenvalue weighted by atomic mass is 35.5. The molecule has 0 saturated heterocycles. The normalized spacial score (nSPS) is 12.2. The highest BCUT2D eigenvalue weighted by Gasteiger charge is 2.09. The molecule has 3 nitrogen and oxygen atoms in total. The van der Waals surface area contributed by atoms with E-state index in [2.05, 4.69) is 11.9 Å². The molecule has 0 bridgehead atoms. The van der Waals surface area contributed by atoms with Crippen molar-refractivity contribution >= 4 is 11.6 Å². The summed E-state index contributed by atoms with van der Waals surface area (Å²) in [6.07, 6.45) is 5.05. The third kappa shape index (κ3) is 3.94. The molecule has 1 heterocycles. The molecule has 1 aromatic heterocycles. The number of hydrogen-bond donors (Lipinski definition) is 1. The first-order valence-corrected chi connectivity index (χ1v) is 6.68. The van der Waals surface area contributed by atoms with E-state index < -0.39 is 0 Å². The van der Waals surface area contributed by atoms with E-state index in [0.29, 0.717) is 10.8 Å². The van der Waals surface area contributed by atoms with Gasteiger partial charge in [0, 0.05) is 17.3 Å². The van der Waals surface area contributed by atoms with Gasteiger partial charge >= 0.3 is 0 Å². The third-order valence-electron chi connectivity index (χ3n) is 2.89. The van der Waals surface area contributed by atoms with Crippen LogP contribution in [0.3, 0.4) is 0 Å². The zero-order valence-corrected chi connectivity index (χ0v) is 11.6. The summed E-state index contributed by atoms with van der Waals surface area (Å²) in [5.41, 5.74) is 7.03. The monoisotopic (exact) mass is 276 g/mol. The smallest absolute Gasteiger partial charge is 0.145 e. The first kappa shape index (κ1) is 13.8. The van der Waals surface area contributed by atoms with Gasteiger partial charge in [0.2, 0.25) is 0 Å². The zero-order valence-electron chi connectivity index (χ0n) is 10.8. The minimum atomic E-state index is 0.106. The summed E-state index contributed by atoms with van der Waals surface area (Å²) in [7, 11) is 0. The Balaban J connectivity index is 2.24. The topological polar surface area (TPSA) is 48.1 Å². The number of ether oxygens (including phenoxy) is 1. The lowest BCUT2D eigenvalue weighted by Crippen LogP contribution is -2.21. The quantitative estimate of drug-likeness (QED) is 0.903. The Morgan fingerprint density at radius 1 is 1.37 bits per heavy atom. The number of pyridine rings is 1. The molecule has 1 unspecified atom stereocenters. The van der Waals surface area contributed by atoms with Crippen molar-refractivity contribution < 1.29 is 4.74 Å². The fourth-order valence-corrected chi connectivity index (χ4v) is 1.96. The van der Waals surface area contributed by atoms with E-state index in [1.54, 1.807) is 12.4 Å². The van der Waals surface area contributed by atoms with Crippen molar-refractivity contribution in [3.8, 4) is 11.5 Å². The lowest BCUT2D eigenvalue weighted by molar-refractivity contribution is 0.470. The third-order valence-corrected chi connectivity index (χ3v) is 3.13. The predicted octanol–water partition coefficient (Wildman–Crippen LogP) is 3.81. The second-order valence-corrected chi connectivity index (χ2v) is 4.85. The van der Waals surface area contributed by atoms with Crippen molar-refractivity contribution in [2.75, 3.05) is 0 Å². The number of halogens is 1. The van der Waals surface area contributed by atoms with Crippen molar-refractivity contribution in [3.63, 3.8) is 0 Å². The minimum Gasteiger partial charge on any atom is -0.455 e. The molecule has 4 heteroatoms. The number of nitrogens with two attached hydrogens (primary N) is 1. The van der Waals surface area contributed by atoms with Gasteiger partial charge in [-0.2, -0.15) is 0 Å². The van der Waals surface area contributed by atoms with Crippen LogP contribution in [0.4, 0.5) is 0 Å². The fraction of sp³-hybridized carbons (Fsp3) is 0.267. The first-order chi connectivity index (χ1) is 9.19. The Morgan fingerprint density at radius 2 is 2.21 bits per heavy atom. The van der Waals surface area contributed by atoms with Gasteiger partial charge in [-0.05, 0) is 48.7 Å². The van der Waals surface area contributed by atoms with E-state index in [-0.39, 0.29) is 6.04 Å². The molecule has 19 heavy (non-hydrogen) atoms. The molecular formula is C15H17ClN2O. The molecule has 0 saturated carbocycles. The number of aromatic nitrogens is 1. The molecule has 0 aliphatic rings. The maximum Gasteiger partial charge on any atom is 0.145 e. The van der Waals surface area contributed by atoms with Crippen LogP contribution in [-0.2, 0) is 6.42 Å². The van der Waals surface area contributed by atoms with Crippen molar-refractivity contribution in [1.29, 1.82) is 0 Å². The van der Waals surface area contributed by atoms with Crippen molar-refractivity contribution in [1.82, 2.24) is 4.98 Å². The van der Waals surface area contributed by atoms with Gasteiger partial charge < -0.3 is 10.5 Å². The molecule has 0 radical (unpaired) electrons. The SMILES string of the molecule is CCC(N)Cc1cc(Cl)ccc1Oc1cccnc1. The summed E-state index contributed by atoms with van der Waals surface area (Å²) >= 11 is 6.04. The average Bonchev–Trinajstić information content (AvgIpc) is 2.43. The molecule has 0 spiro atoms. The summed E-state index contributed by atoms with van der Waals surface area (Å²) in [5.74, 6) is 1.48. The predicted molar refractivity (Wildman–Crippen MR) is 77.7 cm³/mol. The van der Waals surface area contributed by atoms with Crippen LogP contribution in [-0.4, -0.2) is 11.0 Å². The van der Waals surface area contributed by atoms with E-state index >= 15 is 0 Å². The summed E-state index contributed by atoms with van der Waals surface area (Å²) < 4.78 is 5.83. The number of benzene rings is 1. The number of nitrogens with zero attached hydrogens (tertiary/aromatic N) is 1. The average molecular weight is 277 g/mol. The minimum absolute atomic E-state index is 0.106. The first-order valence-electron chi connectivity index (χ1n) is 6.31. The maximum atomic E-state index is 6.04. The second kappa shape index (κ2) is 6.55. The molecule has 2 N–H and O–H groups in total. The molecule has 1 atom stereocenters. The van der Waals surface area contributed by atoms with E-state index in [0.717, 1.165) is 24.2 Å². The molecule has 0 aliphatic heterocycles. The number of hydrogen-bond acceptors (Lipinski definition) is 3. The van der Waals surface area contributed by atoms with Crippen LogP contribution in [0.2, 0.25) is 5.02 Å². The molecule has 2 aromatic rings. The summed E-state index contributed by atoms with van der Waals surface area (Å²) in [4.78, 5) is 4.03. The summed E-state index contributed by atoms with van der Waals surface area (Å²) in [6.45, 7) is 2.07. The summed E-state index contributed by atoms with van der Waals surface area (Å²) in [6, 6.07) is 9.40. The Kier molecular flexibility index (Phi) is 4.77. The van der Waals surface area contributed by atoms with Gasteiger partial charge in [-0.25, -0.2) is 0 Å². The molecular weight excluding hydrogens is 260 g/mol. The number of rotatable bonds is 5. The standard InChI is InChI=1S/C15H17ClN2O/c1-2-13(17)9-11-8-12(16)5-6-15(11)19-14-4-3-7-18-10-14/h3-8,10,13H,2,9,17H2,1H3. The lowest BCUT2D eigenvalue weighted by Gasteiger charge is -2.14. The second-order valence-electron chi connectivity index (χ2n) is 4.42. The highest BCUT2D eigenvalue weighted by molar-refractivity contribution is 6.30. The maximum absolute atomic E-state index is 6.04. The molecule has 1 aromatic carbocycles. The van der Waals surface area contributed by atoms with E-state index in [9.17, 15) is 0 Å². The molecule has 2 rings (SSSR count). The van der Waals surface area contributed by atoms with Crippen LogP contribution in [0, 0.1) is 0 Å². The Bertz CT molecular complexity index is 531. The van der Waals surface area contributed by atoms with E-state index in [4.69, 9.17) is 22.1 Å². The van der Waals surface area contributed by atoms with Crippen LogP contribution in [0.25, 0.3) is 0 Å². The fourth-order valence-electron chi connectivity index (χ4n) is 1.77. The molecule has 100 valence electrons. The summed E-state index contributed by atoms with van der Waals surface area (Å²) in [5, 5.41) is 0.692. The Hall–Kier alpha value is -1.58. The van der Waals surface area contributed by atoms with Crippen LogP contribution in [0.15, 0.2) is 42.7 Å². The van der Waals surface area contributed by atoms with Crippen molar-refractivity contribution in [2.24, 2.45) is 5.73 Å². The zero-order chi connectivity index (χ0) is 13.7. The lowest BCUT2D eigenvalue weighted by atomic mass is 10.0. The van der Waals surface area contributed by atoms with Gasteiger partial charge in [-0.3, -0.25) is 4.98 Å². The largest absolute Gasteiger partial charge is 0.455 e. The highest BCUT2D eigenvalue weighted by Crippen LogP contribution is 2.28. The molecule has 0 aliphatic carbocycles. The van der Waals surface area contributed by atoms with Crippen LogP contribution in [0.1, 0.15) is 18.9 Å². The van der Waals surface area contributed by atoms with Crippen LogP contribution < -0.4 is 10.5 Å². The van der Waals surface area contributed by atoms with Gasteiger partial charge in [0.25, 0.3) is 0 Å². The van der Waals surface area contributed by atoms with Gasteiger partial charge in [0.15, 0.2) is 0 Å².